The van der Waals surface area contributed by atoms with Gasteiger partial charge in [0.15, 0.2) is 5.79 Å². The Morgan fingerprint density at radius 1 is 1.38 bits per heavy atom. The van der Waals surface area contributed by atoms with E-state index < -0.39 is 17.5 Å². The zero-order chi connectivity index (χ0) is 15.6. The summed E-state index contributed by atoms with van der Waals surface area (Å²) in [4.78, 5) is 4.44. The molecule has 21 heavy (non-hydrogen) atoms. The van der Waals surface area contributed by atoms with E-state index in [4.69, 9.17) is 17.0 Å². The third-order valence-corrected chi connectivity index (χ3v) is 6.44. The van der Waals surface area contributed by atoms with Crippen LogP contribution in [0.4, 0.5) is 0 Å². The maximum absolute atomic E-state index is 10.9. The Kier molecular flexibility index (Phi) is 3.40. The molecule has 2 saturated carbocycles. The third-order valence-electron chi connectivity index (χ3n) is 6.35. The fourth-order valence-electron chi connectivity index (χ4n) is 5.40. The normalized spacial score (nSPS) is 55.4. The van der Waals surface area contributed by atoms with Crippen LogP contribution in [0, 0.1) is 23.7 Å². The molecule has 1 spiro atoms. The predicted molar refractivity (Wildman–Crippen MR) is 83.0 cm³/mol. The number of nitrogens with zero attached hydrogens (tertiary/aromatic N) is 1. The van der Waals surface area contributed by atoms with Crippen molar-refractivity contribution in [3.05, 3.63) is 0 Å². The standard InChI is InChI=1S/C16H25NO3S/c1-9(2)10-5-6-14(3,17-8-21)12-7-11-13(18)16(10,12)20-15(11,4)19/h9-13,18-19H,5-7H2,1-4H3/t10-,11+,12-,13?,14-,15+,16-/m0/s1. The van der Waals surface area contributed by atoms with E-state index >= 15 is 0 Å². The van der Waals surface area contributed by atoms with Gasteiger partial charge in [0.25, 0.3) is 0 Å². The minimum absolute atomic E-state index is 0.0850. The van der Waals surface area contributed by atoms with Crippen molar-refractivity contribution in [2.75, 3.05) is 0 Å². The van der Waals surface area contributed by atoms with Gasteiger partial charge in [0.1, 0.15) is 5.60 Å². The molecule has 0 radical (unpaired) electrons. The molecule has 1 heterocycles. The second-order valence-corrected chi connectivity index (χ2v) is 7.98. The predicted octanol–water partition coefficient (Wildman–Crippen LogP) is 2.39. The van der Waals surface area contributed by atoms with Gasteiger partial charge in [-0.15, -0.1) is 0 Å². The number of fused-ring (bicyclic) bond motifs is 1. The van der Waals surface area contributed by atoms with Crippen molar-refractivity contribution in [3.63, 3.8) is 0 Å². The highest BCUT2D eigenvalue weighted by Crippen LogP contribution is 2.66. The van der Waals surface area contributed by atoms with Crippen molar-refractivity contribution in [1.29, 1.82) is 0 Å². The summed E-state index contributed by atoms with van der Waals surface area (Å²) in [6.45, 7) is 8.09. The molecule has 2 bridgehead atoms. The van der Waals surface area contributed by atoms with Crippen LogP contribution in [0.2, 0.25) is 0 Å². The lowest BCUT2D eigenvalue weighted by molar-refractivity contribution is -0.296. The molecule has 1 unspecified atom stereocenters. The summed E-state index contributed by atoms with van der Waals surface area (Å²) >= 11 is 4.83. The van der Waals surface area contributed by atoms with Crippen molar-refractivity contribution in [2.45, 2.75) is 70.0 Å². The Bertz CT molecular complexity index is 502. The largest absolute Gasteiger partial charge is 0.390 e. The molecule has 1 saturated heterocycles. The van der Waals surface area contributed by atoms with E-state index in [1.807, 2.05) is 0 Å². The zero-order valence-electron chi connectivity index (χ0n) is 13.2. The molecule has 0 amide bonds. The summed E-state index contributed by atoms with van der Waals surface area (Å²) in [7, 11) is 0. The van der Waals surface area contributed by atoms with E-state index in [1.54, 1.807) is 6.92 Å². The van der Waals surface area contributed by atoms with Crippen molar-refractivity contribution < 1.29 is 14.9 Å². The number of rotatable bonds is 2. The Hall–Kier alpha value is -0.320. The number of aliphatic hydroxyl groups excluding tert-OH is 1. The number of hydrogen-bond donors (Lipinski definition) is 2. The fourth-order valence-corrected chi connectivity index (χ4v) is 5.61. The molecular weight excluding hydrogens is 286 g/mol. The summed E-state index contributed by atoms with van der Waals surface area (Å²) in [6.07, 6.45) is 1.95. The van der Waals surface area contributed by atoms with E-state index in [0.29, 0.717) is 5.92 Å². The van der Waals surface area contributed by atoms with Gasteiger partial charge in [0, 0.05) is 11.8 Å². The van der Waals surface area contributed by atoms with E-state index in [1.165, 1.54) is 0 Å². The molecular formula is C16H25NO3S. The molecule has 118 valence electrons. The minimum atomic E-state index is -1.25. The van der Waals surface area contributed by atoms with Crippen LogP contribution in [0.25, 0.3) is 0 Å². The molecule has 0 aromatic carbocycles. The first-order chi connectivity index (χ1) is 9.69. The van der Waals surface area contributed by atoms with E-state index in [9.17, 15) is 10.2 Å². The summed E-state index contributed by atoms with van der Waals surface area (Å²) in [5.41, 5.74) is -1.05. The highest BCUT2D eigenvalue weighted by molar-refractivity contribution is 7.78. The fraction of sp³-hybridized carbons (Fsp3) is 0.938. The van der Waals surface area contributed by atoms with Gasteiger partial charge in [-0.3, -0.25) is 0 Å². The number of isothiocyanates is 1. The van der Waals surface area contributed by atoms with Crippen LogP contribution in [0.15, 0.2) is 4.99 Å². The van der Waals surface area contributed by atoms with E-state index in [0.717, 1.165) is 19.3 Å². The molecule has 2 aliphatic carbocycles. The molecule has 0 aromatic heterocycles. The molecule has 0 aromatic rings. The average Bonchev–Trinajstić information content (AvgIpc) is 2.74. The van der Waals surface area contributed by atoms with Crippen LogP contribution in [0.1, 0.15) is 47.0 Å². The van der Waals surface area contributed by atoms with Crippen LogP contribution in [0.5, 0.6) is 0 Å². The van der Waals surface area contributed by atoms with E-state index in [-0.39, 0.29) is 23.3 Å². The molecule has 5 heteroatoms. The molecule has 1 aliphatic heterocycles. The van der Waals surface area contributed by atoms with Gasteiger partial charge in [-0.1, -0.05) is 13.8 Å². The smallest absolute Gasteiger partial charge is 0.168 e. The maximum Gasteiger partial charge on any atom is 0.168 e. The highest BCUT2D eigenvalue weighted by atomic mass is 32.1. The number of ether oxygens (including phenoxy) is 1. The van der Waals surface area contributed by atoms with Crippen LogP contribution in [0.3, 0.4) is 0 Å². The molecule has 3 fully saturated rings. The second kappa shape index (κ2) is 4.59. The van der Waals surface area contributed by atoms with Crippen molar-refractivity contribution >= 4 is 17.4 Å². The lowest BCUT2D eigenvalue weighted by atomic mass is 9.58. The maximum atomic E-state index is 10.9. The van der Waals surface area contributed by atoms with Crippen LogP contribution >= 0.6 is 12.2 Å². The first kappa shape index (κ1) is 15.6. The molecule has 3 rings (SSSR count). The first-order valence-electron chi connectivity index (χ1n) is 7.88. The summed E-state index contributed by atoms with van der Waals surface area (Å²) < 4.78 is 6.15. The average molecular weight is 311 g/mol. The van der Waals surface area contributed by atoms with Gasteiger partial charge in [0.2, 0.25) is 0 Å². The van der Waals surface area contributed by atoms with Gasteiger partial charge < -0.3 is 14.9 Å². The van der Waals surface area contributed by atoms with Crippen molar-refractivity contribution in [2.24, 2.45) is 28.7 Å². The quantitative estimate of drug-likeness (QED) is 0.607. The monoisotopic (exact) mass is 311 g/mol. The summed E-state index contributed by atoms with van der Waals surface area (Å²) in [5, 5.41) is 24.0. The topological polar surface area (TPSA) is 62.1 Å². The first-order valence-corrected chi connectivity index (χ1v) is 8.29. The molecule has 7 atom stereocenters. The SMILES string of the molecule is CC(C)[C@@H]1CC[C@](C)(N=C=S)[C@@H]2C[C@@H]3C(O)[C@@]21O[C@@]3(C)O. The zero-order valence-corrected chi connectivity index (χ0v) is 14.0. The minimum Gasteiger partial charge on any atom is -0.390 e. The Morgan fingerprint density at radius 2 is 2.05 bits per heavy atom. The van der Waals surface area contributed by atoms with Crippen LogP contribution < -0.4 is 0 Å². The Balaban J connectivity index is 2.11. The summed E-state index contributed by atoms with van der Waals surface area (Å²) in [6, 6.07) is 0. The molecule has 4 nitrogen and oxygen atoms in total. The summed E-state index contributed by atoms with van der Waals surface area (Å²) in [5.74, 6) is -0.799. The van der Waals surface area contributed by atoms with Gasteiger partial charge >= 0.3 is 0 Å². The molecule has 2 N–H and O–H groups in total. The lowest BCUT2D eigenvalue weighted by Crippen LogP contribution is -2.62. The second-order valence-electron chi connectivity index (χ2n) is 7.80. The van der Waals surface area contributed by atoms with E-state index in [2.05, 4.69) is 30.9 Å². The van der Waals surface area contributed by atoms with Crippen molar-refractivity contribution in [1.82, 2.24) is 0 Å². The van der Waals surface area contributed by atoms with Gasteiger partial charge in [-0.25, -0.2) is 4.99 Å². The number of thiocarbonyl (C=S) groups is 1. The number of aliphatic imine (C=N–C) groups is 1. The van der Waals surface area contributed by atoms with Gasteiger partial charge in [0.05, 0.1) is 16.8 Å². The third kappa shape index (κ3) is 1.85. The van der Waals surface area contributed by atoms with Crippen LogP contribution in [-0.2, 0) is 4.74 Å². The lowest BCUT2D eigenvalue weighted by Gasteiger charge is -2.55. The molecule has 3 aliphatic rings. The number of aliphatic hydroxyl groups is 2. The Morgan fingerprint density at radius 3 is 2.57 bits per heavy atom. The Labute approximate surface area is 131 Å². The van der Waals surface area contributed by atoms with Crippen molar-refractivity contribution in [3.8, 4) is 0 Å². The highest BCUT2D eigenvalue weighted by Gasteiger charge is 2.75. The number of hydrogen-bond acceptors (Lipinski definition) is 5. The van der Waals surface area contributed by atoms with Crippen LogP contribution in [-0.4, -0.2) is 38.4 Å². The van der Waals surface area contributed by atoms with Gasteiger partial charge in [-0.05, 0) is 57.2 Å². The van der Waals surface area contributed by atoms with Gasteiger partial charge in [-0.2, -0.15) is 0 Å².